The summed E-state index contributed by atoms with van der Waals surface area (Å²) >= 11 is 0. The predicted molar refractivity (Wildman–Crippen MR) is 118 cm³/mol. The van der Waals surface area contributed by atoms with Crippen LogP contribution < -0.4 is 5.32 Å². The van der Waals surface area contributed by atoms with Gasteiger partial charge >= 0.3 is 0 Å². The zero-order valence-corrected chi connectivity index (χ0v) is 19.2. The number of sulfonamides is 1. The Hall–Kier alpha value is -2.12. The van der Waals surface area contributed by atoms with Gasteiger partial charge in [-0.1, -0.05) is 45.0 Å². The Bertz CT molecular complexity index is 956. The van der Waals surface area contributed by atoms with Crippen LogP contribution in [0.5, 0.6) is 0 Å². The summed E-state index contributed by atoms with van der Waals surface area (Å²) in [5, 5.41) is 3.22. The normalized spacial score (nSPS) is 17.2. The number of aryl methyl sites for hydroxylation is 2. The average Bonchev–Trinajstić information content (AvgIpc) is 3.19. The molecule has 1 aromatic carbocycles. The molecule has 2 aromatic rings. The van der Waals surface area contributed by atoms with Gasteiger partial charge in [-0.3, -0.25) is 4.79 Å². The number of hydrogen-bond donors (Lipinski definition) is 1. The summed E-state index contributed by atoms with van der Waals surface area (Å²) in [4.78, 5) is 13.3. The van der Waals surface area contributed by atoms with E-state index in [2.05, 4.69) is 50.4 Å². The summed E-state index contributed by atoms with van der Waals surface area (Å²) < 4.78 is 28.8. The topological polar surface area (TPSA) is 71.4 Å². The highest BCUT2D eigenvalue weighted by Gasteiger charge is 2.33. The molecule has 0 aliphatic carbocycles. The third-order valence-electron chi connectivity index (χ3n) is 5.98. The van der Waals surface area contributed by atoms with Gasteiger partial charge in [0.25, 0.3) is 0 Å². The van der Waals surface area contributed by atoms with E-state index in [1.807, 2.05) is 0 Å². The Labute approximate surface area is 180 Å². The highest BCUT2D eigenvalue weighted by Crippen LogP contribution is 2.27. The van der Waals surface area contributed by atoms with Gasteiger partial charge < -0.3 is 9.88 Å². The minimum Gasteiger partial charge on any atom is -0.356 e. The van der Waals surface area contributed by atoms with Crippen molar-refractivity contribution in [3.63, 3.8) is 0 Å². The number of rotatable bonds is 7. The van der Waals surface area contributed by atoms with Crippen molar-refractivity contribution in [2.75, 3.05) is 13.1 Å². The van der Waals surface area contributed by atoms with E-state index in [1.165, 1.54) is 9.87 Å². The van der Waals surface area contributed by atoms with Crippen molar-refractivity contribution >= 4 is 15.9 Å². The van der Waals surface area contributed by atoms with Crippen molar-refractivity contribution in [1.82, 2.24) is 14.2 Å². The molecule has 1 N–H and O–H groups in total. The van der Waals surface area contributed by atoms with Crippen molar-refractivity contribution in [3.05, 3.63) is 53.9 Å². The first-order chi connectivity index (χ1) is 14.2. The molecule has 0 bridgehead atoms. The van der Waals surface area contributed by atoms with E-state index < -0.39 is 10.0 Å². The Kier molecular flexibility index (Phi) is 7.03. The second kappa shape index (κ2) is 9.35. The average molecular weight is 432 g/mol. The number of amides is 1. The van der Waals surface area contributed by atoms with Crippen LogP contribution in [-0.2, 0) is 28.3 Å². The van der Waals surface area contributed by atoms with Gasteiger partial charge in [0.2, 0.25) is 15.9 Å². The molecule has 1 aromatic heterocycles. The molecule has 1 unspecified atom stereocenters. The molecule has 30 heavy (non-hydrogen) atoms. The van der Waals surface area contributed by atoms with Gasteiger partial charge in [0, 0.05) is 38.4 Å². The van der Waals surface area contributed by atoms with Crippen molar-refractivity contribution in [1.29, 1.82) is 0 Å². The molecule has 2 heterocycles. The summed E-state index contributed by atoms with van der Waals surface area (Å²) in [6, 6.07) is 9.99. The van der Waals surface area contributed by atoms with Gasteiger partial charge in [-0.2, -0.15) is 4.31 Å². The van der Waals surface area contributed by atoms with Crippen LogP contribution in [-0.4, -0.2) is 36.3 Å². The molecule has 1 saturated heterocycles. The van der Waals surface area contributed by atoms with Gasteiger partial charge in [-0.15, -0.1) is 0 Å². The van der Waals surface area contributed by atoms with Gasteiger partial charge in [0.1, 0.15) is 0 Å². The quantitative estimate of drug-likeness (QED) is 0.729. The number of nitrogens with one attached hydrogen (secondary N) is 1. The highest BCUT2D eigenvalue weighted by molar-refractivity contribution is 7.89. The Balaban J connectivity index is 1.62. The molecule has 3 rings (SSSR count). The van der Waals surface area contributed by atoms with E-state index in [9.17, 15) is 13.2 Å². The van der Waals surface area contributed by atoms with E-state index in [1.54, 1.807) is 30.1 Å². The molecular weight excluding hydrogens is 398 g/mol. The Morgan fingerprint density at radius 3 is 2.27 bits per heavy atom. The first kappa shape index (κ1) is 22.6. The largest absolute Gasteiger partial charge is 0.356 e. The summed E-state index contributed by atoms with van der Waals surface area (Å²) in [5.41, 5.74) is 2.39. The van der Waals surface area contributed by atoms with Gasteiger partial charge in [0.15, 0.2) is 0 Å². The first-order valence-corrected chi connectivity index (χ1v) is 12.2. The fourth-order valence-corrected chi connectivity index (χ4v) is 5.53. The maximum absolute atomic E-state index is 13.0. The van der Waals surface area contributed by atoms with Crippen molar-refractivity contribution < 1.29 is 13.2 Å². The van der Waals surface area contributed by atoms with Gasteiger partial charge in [-0.05, 0) is 42.4 Å². The molecule has 0 saturated carbocycles. The minimum absolute atomic E-state index is 0.0185. The lowest BCUT2D eigenvalue weighted by Gasteiger charge is -2.32. The number of piperidine rings is 1. The van der Waals surface area contributed by atoms with Crippen LogP contribution in [0.4, 0.5) is 0 Å². The van der Waals surface area contributed by atoms with E-state index in [-0.39, 0.29) is 23.8 Å². The van der Waals surface area contributed by atoms with E-state index in [0.29, 0.717) is 30.8 Å². The lowest BCUT2D eigenvalue weighted by Crippen LogP contribution is -2.44. The van der Waals surface area contributed by atoms with Gasteiger partial charge in [0.05, 0.1) is 10.9 Å². The SMILES string of the molecule is CCc1ccc(C(NC(=O)C2CCN(S(=O)(=O)c3ccn(C)c3)CC2)C(C)C)cc1. The van der Waals surface area contributed by atoms with Crippen LogP contribution in [0.25, 0.3) is 0 Å². The first-order valence-electron chi connectivity index (χ1n) is 10.7. The van der Waals surface area contributed by atoms with Crippen molar-refractivity contribution in [2.45, 2.75) is 51.0 Å². The monoisotopic (exact) mass is 431 g/mol. The molecular formula is C23H33N3O3S. The van der Waals surface area contributed by atoms with Crippen LogP contribution in [0.2, 0.25) is 0 Å². The molecule has 7 heteroatoms. The lowest BCUT2D eigenvalue weighted by molar-refractivity contribution is -0.127. The second-order valence-electron chi connectivity index (χ2n) is 8.52. The lowest BCUT2D eigenvalue weighted by atomic mass is 9.92. The number of carbonyl (C=O) groups is 1. The molecule has 1 aliphatic heterocycles. The zero-order chi connectivity index (χ0) is 21.9. The fraction of sp³-hybridized carbons (Fsp3) is 0.522. The second-order valence-corrected chi connectivity index (χ2v) is 10.5. The summed E-state index contributed by atoms with van der Waals surface area (Å²) in [6.07, 6.45) is 5.41. The van der Waals surface area contributed by atoms with Crippen molar-refractivity contribution in [3.8, 4) is 0 Å². The zero-order valence-electron chi connectivity index (χ0n) is 18.3. The molecule has 164 valence electrons. The molecule has 6 nitrogen and oxygen atoms in total. The van der Waals surface area contributed by atoms with Crippen LogP contribution >= 0.6 is 0 Å². The highest BCUT2D eigenvalue weighted by atomic mass is 32.2. The van der Waals surface area contributed by atoms with Crippen LogP contribution in [0.15, 0.2) is 47.6 Å². The maximum Gasteiger partial charge on any atom is 0.244 e. The number of nitrogens with zero attached hydrogens (tertiary/aromatic N) is 2. The Morgan fingerprint density at radius 2 is 1.77 bits per heavy atom. The van der Waals surface area contributed by atoms with Crippen molar-refractivity contribution in [2.24, 2.45) is 18.9 Å². The number of carbonyl (C=O) groups excluding carboxylic acids is 1. The molecule has 0 spiro atoms. The van der Waals surface area contributed by atoms with Crippen LogP contribution in [0, 0.1) is 11.8 Å². The standard InChI is InChI=1S/C23H33N3O3S/c1-5-18-6-8-19(9-7-18)22(17(2)3)24-23(27)20-10-14-26(15-11-20)30(28,29)21-12-13-25(4)16-21/h6-9,12-13,16-17,20,22H,5,10-11,14-15H2,1-4H3,(H,24,27). The van der Waals surface area contributed by atoms with E-state index >= 15 is 0 Å². The molecule has 1 amide bonds. The third-order valence-corrected chi connectivity index (χ3v) is 7.86. The summed E-state index contributed by atoms with van der Waals surface area (Å²) in [5.74, 6) is 0.119. The number of benzene rings is 1. The Morgan fingerprint density at radius 1 is 1.13 bits per heavy atom. The van der Waals surface area contributed by atoms with Crippen LogP contribution in [0.3, 0.4) is 0 Å². The van der Waals surface area contributed by atoms with Gasteiger partial charge in [-0.25, -0.2) is 8.42 Å². The summed E-state index contributed by atoms with van der Waals surface area (Å²) in [7, 11) is -1.69. The minimum atomic E-state index is -3.50. The molecule has 1 aliphatic rings. The fourth-order valence-electron chi connectivity index (χ4n) is 4.00. The number of aromatic nitrogens is 1. The van der Waals surface area contributed by atoms with E-state index in [0.717, 1.165) is 12.0 Å². The predicted octanol–water partition coefficient (Wildman–Crippen LogP) is 3.50. The number of hydrogen-bond acceptors (Lipinski definition) is 3. The third kappa shape index (κ3) is 4.95. The smallest absolute Gasteiger partial charge is 0.244 e. The van der Waals surface area contributed by atoms with E-state index in [4.69, 9.17) is 0 Å². The molecule has 0 radical (unpaired) electrons. The maximum atomic E-state index is 13.0. The van der Waals surface area contributed by atoms with Crippen LogP contribution in [0.1, 0.15) is 50.8 Å². The molecule has 1 atom stereocenters. The summed E-state index contributed by atoms with van der Waals surface area (Å²) in [6.45, 7) is 7.07. The molecule has 1 fully saturated rings.